The van der Waals surface area contributed by atoms with Crippen LogP contribution < -0.4 is 16.4 Å². The number of hydrogen-bond acceptors (Lipinski definition) is 3. The first kappa shape index (κ1) is 12.4. The Morgan fingerprint density at radius 2 is 2.19 bits per heavy atom. The van der Waals surface area contributed by atoms with Crippen LogP contribution in [0.1, 0.15) is 0 Å². The summed E-state index contributed by atoms with van der Waals surface area (Å²) < 4.78 is 1.56. The van der Waals surface area contributed by atoms with E-state index in [4.69, 9.17) is 0 Å². The summed E-state index contributed by atoms with van der Waals surface area (Å²) in [6.07, 6.45) is 0. The maximum Gasteiger partial charge on any atom is 0.265 e. The van der Waals surface area contributed by atoms with Gasteiger partial charge >= 0.3 is 0 Å². The number of H-pyrrole nitrogens is 1. The molecule has 0 atom stereocenters. The van der Waals surface area contributed by atoms with Crippen LogP contribution in [0.5, 0.6) is 0 Å². The molecule has 0 aliphatic heterocycles. The second-order valence-electron chi connectivity index (χ2n) is 3.03. The Labute approximate surface area is 99.1 Å². The average Bonchev–Trinajstić information content (AvgIpc) is 2.20. The Kier molecular flexibility index (Phi) is 4.24. The van der Waals surface area contributed by atoms with Crippen molar-refractivity contribution in [2.45, 2.75) is 6.54 Å². The zero-order valence-electron chi connectivity index (χ0n) is 8.33. The number of carbonyl (C=O) groups is 1. The number of amides is 1. The fourth-order valence-electron chi connectivity index (χ4n) is 0.974. The molecule has 0 aliphatic carbocycles. The van der Waals surface area contributed by atoms with Gasteiger partial charge in [0.25, 0.3) is 11.1 Å². The minimum Gasteiger partial charge on any atom is -0.350 e. The van der Waals surface area contributed by atoms with Crippen molar-refractivity contribution in [1.29, 1.82) is 0 Å². The molecule has 16 heavy (non-hydrogen) atoms. The number of aromatic amines is 1. The third-order valence-corrected chi connectivity index (χ3v) is 1.95. The van der Waals surface area contributed by atoms with Gasteiger partial charge in [-0.05, 0) is 0 Å². The molecule has 2 N–H and O–H groups in total. The molecule has 0 bridgehead atoms. The van der Waals surface area contributed by atoms with Gasteiger partial charge < -0.3 is 5.32 Å². The number of nitrogens with one attached hydrogen (secondary N) is 2. The predicted octanol–water partition coefficient (Wildman–Crippen LogP) is -0.439. The van der Waals surface area contributed by atoms with Gasteiger partial charge in [-0.25, -0.2) is 4.68 Å². The molecule has 0 aliphatic rings. The summed E-state index contributed by atoms with van der Waals surface area (Å²) in [7, 11) is 0. The maximum absolute atomic E-state index is 11.3. The van der Waals surface area contributed by atoms with Crippen LogP contribution in [0.15, 0.2) is 32.8 Å². The van der Waals surface area contributed by atoms with Crippen molar-refractivity contribution in [3.05, 3.63) is 43.9 Å². The molecule has 1 aromatic heterocycles. The van der Waals surface area contributed by atoms with E-state index in [0.29, 0.717) is 4.48 Å². The summed E-state index contributed by atoms with van der Waals surface area (Å²) in [5, 5.41) is 4.76. The number of carbonyl (C=O) groups excluding carboxylic acids is 1. The van der Waals surface area contributed by atoms with Crippen molar-refractivity contribution in [3.8, 4) is 0 Å². The van der Waals surface area contributed by atoms with Crippen molar-refractivity contribution in [3.63, 3.8) is 0 Å². The molecule has 86 valence electrons. The largest absolute Gasteiger partial charge is 0.350 e. The monoisotopic (exact) mass is 287 g/mol. The van der Waals surface area contributed by atoms with Gasteiger partial charge in [0.05, 0.1) is 0 Å². The van der Waals surface area contributed by atoms with Crippen LogP contribution in [0.3, 0.4) is 0 Å². The van der Waals surface area contributed by atoms with E-state index in [1.54, 1.807) is 0 Å². The van der Waals surface area contributed by atoms with E-state index < -0.39 is 11.1 Å². The SMILES string of the molecule is C=C(Br)CNC(=O)Cn1[nH]c(=O)ccc1=O. The maximum atomic E-state index is 11.3. The molecule has 0 spiro atoms. The van der Waals surface area contributed by atoms with Crippen LogP contribution >= 0.6 is 15.9 Å². The Morgan fingerprint density at radius 1 is 1.50 bits per heavy atom. The summed E-state index contributed by atoms with van der Waals surface area (Å²) in [6.45, 7) is 3.58. The molecule has 0 unspecified atom stereocenters. The van der Waals surface area contributed by atoms with E-state index in [0.717, 1.165) is 16.8 Å². The highest BCUT2D eigenvalue weighted by atomic mass is 79.9. The van der Waals surface area contributed by atoms with Gasteiger partial charge in [-0.15, -0.1) is 0 Å². The first-order valence-electron chi connectivity index (χ1n) is 4.39. The normalized spacial score (nSPS) is 9.81. The van der Waals surface area contributed by atoms with Gasteiger partial charge in [-0.2, -0.15) is 0 Å². The standard InChI is InChI=1S/C9H10BrN3O3/c1-6(10)4-11-8(15)5-13-9(16)3-2-7(14)12-13/h2-3H,1,4-5H2,(H,11,15)(H,12,14). The topological polar surface area (TPSA) is 84.0 Å². The van der Waals surface area contributed by atoms with Crippen molar-refractivity contribution < 1.29 is 4.79 Å². The average molecular weight is 288 g/mol. The van der Waals surface area contributed by atoms with E-state index in [1.807, 2.05) is 0 Å². The molecule has 0 fully saturated rings. The van der Waals surface area contributed by atoms with E-state index in [-0.39, 0.29) is 19.0 Å². The van der Waals surface area contributed by atoms with E-state index in [1.165, 1.54) is 0 Å². The fourth-order valence-corrected chi connectivity index (χ4v) is 1.11. The van der Waals surface area contributed by atoms with E-state index >= 15 is 0 Å². The third kappa shape index (κ3) is 3.85. The minimum absolute atomic E-state index is 0.227. The second-order valence-corrected chi connectivity index (χ2v) is 4.15. The summed E-state index contributed by atoms with van der Waals surface area (Å²) in [5.41, 5.74) is -0.871. The summed E-state index contributed by atoms with van der Waals surface area (Å²) in [6, 6.07) is 2.21. The van der Waals surface area contributed by atoms with Gasteiger partial charge in [0.1, 0.15) is 6.54 Å². The summed E-state index contributed by atoms with van der Waals surface area (Å²) in [4.78, 5) is 33.5. The smallest absolute Gasteiger partial charge is 0.265 e. The van der Waals surface area contributed by atoms with Crippen LogP contribution in [0, 0.1) is 0 Å². The first-order valence-corrected chi connectivity index (χ1v) is 5.18. The van der Waals surface area contributed by atoms with Gasteiger partial charge in [-0.1, -0.05) is 22.5 Å². The Hall–Kier alpha value is -1.63. The molecule has 1 heterocycles. The van der Waals surface area contributed by atoms with Crippen LogP contribution in [0.25, 0.3) is 0 Å². The number of halogens is 1. The number of nitrogens with zero attached hydrogens (tertiary/aromatic N) is 1. The molecule has 0 radical (unpaired) electrons. The van der Waals surface area contributed by atoms with Crippen LogP contribution in [-0.2, 0) is 11.3 Å². The van der Waals surface area contributed by atoms with Gasteiger partial charge in [0, 0.05) is 23.2 Å². The van der Waals surface area contributed by atoms with Crippen LogP contribution in [-0.4, -0.2) is 22.2 Å². The Morgan fingerprint density at radius 3 is 2.81 bits per heavy atom. The number of hydrogen-bond donors (Lipinski definition) is 2. The zero-order valence-corrected chi connectivity index (χ0v) is 9.91. The van der Waals surface area contributed by atoms with Crippen molar-refractivity contribution in [1.82, 2.24) is 15.1 Å². The fraction of sp³-hybridized carbons (Fsp3) is 0.222. The van der Waals surface area contributed by atoms with Crippen LogP contribution in [0.2, 0.25) is 0 Å². The minimum atomic E-state index is -0.438. The first-order chi connectivity index (χ1) is 7.49. The Balaban J connectivity index is 2.70. The molecule has 1 amide bonds. The molecule has 0 saturated carbocycles. The van der Waals surface area contributed by atoms with E-state index in [9.17, 15) is 14.4 Å². The molecule has 1 aromatic rings. The highest BCUT2D eigenvalue weighted by molar-refractivity contribution is 9.11. The molecular formula is C9H10BrN3O3. The Bertz CT molecular complexity index is 517. The number of aromatic nitrogens is 2. The molecule has 0 saturated heterocycles. The van der Waals surface area contributed by atoms with E-state index in [2.05, 4.69) is 32.9 Å². The molecule has 1 rings (SSSR count). The third-order valence-electron chi connectivity index (χ3n) is 1.67. The van der Waals surface area contributed by atoms with Crippen molar-refractivity contribution in [2.24, 2.45) is 0 Å². The highest BCUT2D eigenvalue weighted by Crippen LogP contribution is 1.96. The summed E-state index contributed by atoms with van der Waals surface area (Å²) in [5.74, 6) is -0.385. The van der Waals surface area contributed by atoms with Crippen LogP contribution in [0.4, 0.5) is 0 Å². The van der Waals surface area contributed by atoms with Crippen molar-refractivity contribution in [2.75, 3.05) is 6.54 Å². The number of rotatable bonds is 4. The lowest BCUT2D eigenvalue weighted by Crippen LogP contribution is -2.36. The lowest BCUT2D eigenvalue weighted by Gasteiger charge is -2.05. The zero-order chi connectivity index (χ0) is 12.1. The quantitative estimate of drug-likeness (QED) is 0.788. The predicted molar refractivity (Wildman–Crippen MR) is 62.4 cm³/mol. The van der Waals surface area contributed by atoms with Gasteiger partial charge in [0.15, 0.2) is 0 Å². The molecular weight excluding hydrogens is 278 g/mol. The molecule has 0 aromatic carbocycles. The molecule has 6 nitrogen and oxygen atoms in total. The lowest BCUT2D eigenvalue weighted by molar-refractivity contribution is -0.121. The van der Waals surface area contributed by atoms with Gasteiger partial charge in [0.2, 0.25) is 5.91 Å². The molecule has 7 heteroatoms. The van der Waals surface area contributed by atoms with Gasteiger partial charge in [-0.3, -0.25) is 19.5 Å². The van der Waals surface area contributed by atoms with Crippen molar-refractivity contribution >= 4 is 21.8 Å². The highest BCUT2D eigenvalue weighted by Gasteiger charge is 2.04. The second kappa shape index (κ2) is 5.45. The lowest BCUT2D eigenvalue weighted by atomic mass is 10.5. The summed E-state index contributed by atoms with van der Waals surface area (Å²) >= 11 is 3.08.